The van der Waals surface area contributed by atoms with Gasteiger partial charge in [-0.2, -0.15) is 0 Å². The lowest BCUT2D eigenvalue weighted by Gasteiger charge is -2.01. The quantitative estimate of drug-likeness (QED) is 0.626. The maximum absolute atomic E-state index is 12.0. The zero-order chi connectivity index (χ0) is 15.8. The van der Waals surface area contributed by atoms with Gasteiger partial charge in [0.25, 0.3) is 0 Å². The molecule has 0 saturated carbocycles. The van der Waals surface area contributed by atoms with Gasteiger partial charge in [-0.25, -0.2) is 9.79 Å². The Balaban J connectivity index is 1.66. The number of esters is 1. The van der Waals surface area contributed by atoms with Crippen LogP contribution in [0.2, 0.25) is 5.02 Å². The number of aliphatic imine (C=N–C) groups is 1. The molecular formula is C17H10ClNO4. The van der Waals surface area contributed by atoms with Crippen LogP contribution < -0.4 is 9.47 Å². The van der Waals surface area contributed by atoms with Gasteiger partial charge in [0.15, 0.2) is 17.2 Å². The molecule has 0 radical (unpaired) electrons. The lowest BCUT2D eigenvalue weighted by atomic mass is 10.2. The lowest BCUT2D eigenvalue weighted by Crippen LogP contribution is -2.05. The van der Waals surface area contributed by atoms with E-state index in [4.69, 9.17) is 25.8 Å². The fourth-order valence-electron chi connectivity index (χ4n) is 2.28. The lowest BCUT2D eigenvalue weighted by molar-refractivity contribution is -0.129. The third-order valence-corrected chi connectivity index (χ3v) is 3.67. The summed E-state index contributed by atoms with van der Waals surface area (Å²) in [5.74, 6) is 1.02. The number of ether oxygens (including phenoxy) is 3. The smallest absolute Gasteiger partial charge is 0.363 e. The van der Waals surface area contributed by atoms with E-state index in [1.54, 1.807) is 48.5 Å². The Bertz CT molecular complexity index is 855. The highest BCUT2D eigenvalue weighted by Gasteiger charge is 2.25. The van der Waals surface area contributed by atoms with Crippen LogP contribution in [-0.4, -0.2) is 18.7 Å². The standard InChI is InChI=1S/C17H10ClNO4/c18-12-4-1-10(2-5-12)7-13-17(20)23-16(19-13)11-3-6-14-15(8-11)22-9-21-14/h1-8H,9H2. The third kappa shape index (κ3) is 2.66. The number of fused-ring (bicyclic) bond motifs is 1. The average Bonchev–Trinajstić information content (AvgIpc) is 3.16. The van der Waals surface area contributed by atoms with Crippen LogP contribution in [0.1, 0.15) is 11.1 Å². The maximum atomic E-state index is 12.0. The molecule has 0 N–H and O–H groups in total. The van der Waals surface area contributed by atoms with Gasteiger partial charge in [-0.1, -0.05) is 23.7 Å². The van der Waals surface area contributed by atoms with Crippen molar-refractivity contribution < 1.29 is 19.0 Å². The molecule has 2 heterocycles. The number of hydrogen-bond acceptors (Lipinski definition) is 5. The minimum Gasteiger partial charge on any atom is -0.454 e. The zero-order valence-electron chi connectivity index (χ0n) is 11.8. The van der Waals surface area contributed by atoms with Crippen molar-refractivity contribution in [3.63, 3.8) is 0 Å². The first-order chi connectivity index (χ1) is 11.2. The molecule has 0 saturated heterocycles. The topological polar surface area (TPSA) is 57.1 Å². The Morgan fingerprint density at radius 3 is 2.65 bits per heavy atom. The second kappa shape index (κ2) is 5.44. The second-order valence-corrected chi connectivity index (χ2v) is 5.39. The molecule has 0 atom stereocenters. The molecule has 0 unspecified atom stereocenters. The van der Waals surface area contributed by atoms with Crippen molar-refractivity contribution in [2.45, 2.75) is 0 Å². The third-order valence-electron chi connectivity index (χ3n) is 3.41. The monoisotopic (exact) mass is 327 g/mol. The van der Waals surface area contributed by atoms with Crippen LogP contribution in [-0.2, 0) is 9.53 Å². The van der Waals surface area contributed by atoms with Crippen LogP contribution in [0.15, 0.2) is 53.2 Å². The van der Waals surface area contributed by atoms with E-state index < -0.39 is 5.97 Å². The normalized spacial score (nSPS) is 17.3. The Labute approximate surface area is 136 Å². The average molecular weight is 328 g/mol. The van der Waals surface area contributed by atoms with Gasteiger partial charge >= 0.3 is 5.97 Å². The SMILES string of the molecule is O=C1OC(c2ccc3c(c2)OCO3)=NC1=Cc1ccc(Cl)cc1. The molecule has 2 aromatic carbocycles. The highest BCUT2D eigenvalue weighted by atomic mass is 35.5. The van der Waals surface area contributed by atoms with E-state index in [1.807, 2.05) is 0 Å². The summed E-state index contributed by atoms with van der Waals surface area (Å²) in [4.78, 5) is 16.2. The Kier molecular flexibility index (Phi) is 3.28. The molecule has 2 aromatic rings. The van der Waals surface area contributed by atoms with Crippen molar-refractivity contribution in [3.8, 4) is 11.5 Å². The predicted octanol–water partition coefficient (Wildman–Crippen LogP) is 3.41. The van der Waals surface area contributed by atoms with E-state index in [1.165, 1.54) is 0 Å². The summed E-state index contributed by atoms with van der Waals surface area (Å²) >= 11 is 5.84. The summed E-state index contributed by atoms with van der Waals surface area (Å²) in [5.41, 5.74) is 1.71. The van der Waals surface area contributed by atoms with Gasteiger partial charge in [0.05, 0.1) is 0 Å². The van der Waals surface area contributed by atoms with Gasteiger partial charge in [0, 0.05) is 10.6 Å². The van der Waals surface area contributed by atoms with Crippen molar-refractivity contribution in [2.75, 3.05) is 6.79 Å². The Hall–Kier alpha value is -2.79. The Morgan fingerprint density at radius 2 is 1.83 bits per heavy atom. The second-order valence-electron chi connectivity index (χ2n) is 4.96. The number of halogens is 1. The molecule has 2 aliphatic rings. The van der Waals surface area contributed by atoms with E-state index in [-0.39, 0.29) is 18.4 Å². The van der Waals surface area contributed by atoms with Gasteiger partial charge in [0.2, 0.25) is 12.7 Å². The summed E-state index contributed by atoms with van der Waals surface area (Å²) in [6.07, 6.45) is 1.65. The van der Waals surface area contributed by atoms with E-state index in [2.05, 4.69) is 4.99 Å². The molecule has 0 fully saturated rings. The first kappa shape index (κ1) is 13.8. The molecule has 2 aliphatic heterocycles. The number of cyclic esters (lactones) is 1. The molecule has 4 rings (SSSR count). The minimum atomic E-state index is -0.493. The molecule has 0 amide bonds. The molecule has 0 bridgehead atoms. The van der Waals surface area contributed by atoms with Crippen LogP contribution >= 0.6 is 11.6 Å². The summed E-state index contributed by atoms with van der Waals surface area (Å²) in [6.45, 7) is 0.187. The van der Waals surface area contributed by atoms with Crippen molar-refractivity contribution in [1.29, 1.82) is 0 Å². The summed E-state index contributed by atoms with van der Waals surface area (Å²) < 4.78 is 15.8. The van der Waals surface area contributed by atoms with E-state index in [0.29, 0.717) is 22.1 Å². The first-order valence-corrected chi connectivity index (χ1v) is 7.25. The fourth-order valence-corrected chi connectivity index (χ4v) is 2.41. The molecule has 114 valence electrons. The van der Waals surface area contributed by atoms with Gasteiger partial charge in [-0.15, -0.1) is 0 Å². The van der Waals surface area contributed by atoms with Crippen LogP contribution in [0.3, 0.4) is 0 Å². The summed E-state index contributed by atoms with van der Waals surface area (Å²) in [5, 5.41) is 0.630. The predicted molar refractivity (Wildman–Crippen MR) is 84.6 cm³/mol. The van der Waals surface area contributed by atoms with Crippen LogP contribution in [0.5, 0.6) is 11.5 Å². The molecule has 5 nitrogen and oxygen atoms in total. The van der Waals surface area contributed by atoms with Crippen molar-refractivity contribution in [3.05, 3.63) is 64.3 Å². The van der Waals surface area contributed by atoms with Crippen molar-refractivity contribution >= 4 is 29.5 Å². The number of nitrogens with zero attached hydrogens (tertiary/aromatic N) is 1. The fraction of sp³-hybridized carbons (Fsp3) is 0.0588. The number of rotatable bonds is 2. The van der Waals surface area contributed by atoms with E-state index >= 15 is 0 Å². The summed E-state index contributed by atoms with van der Waals surface area (Å²) in [6, 6.07) is 12.4. The Morgan fingerprint density at radius 1 is 1.04 bits per heavy atom. The highest BCUT2D eigenvalue weighted by molar-refractivity contribution is 6.30. The maximum Gasteiger partial charge on any atom is 0.363 e. The molecule has 0 spiro atoms. The van der Waals surface area contributed by atoms with E-state index in [0.717, 1.165) is 5.56 Å². The molecule has 6 heteroatoms. The number of carbonyl (C=O) groups is 1. The number of carbonyl (C=O) groups excluding carboxylic acids is 1. The zero-order valence-corrected chi connectivity index (χ0v) is 12.5. The summed E-state index contributed by atoms with van der Waals surface area (Å²) in [7, 11) is 0. The first-order valence-electron chi connectivity index (χ1n) is 6.87. The van der Waals surface area contributed by atoms with Crippen LogP contribution in [0.4, 0.5) is 0 Å². The molecule has 0 aliphatic carbocycles. The van der Waals surface area contributed by atoms with Gasteiger partial charge in [-0.05, 0) is 42.0 Å². The van der Waals surface area contributed by atoms with Crippen LogP contribution in [0.25, 0.3) is 6.08 Å². The number of hydrogen-bond donors (Lipinski definition) is 0. The van der Waals surface area contributed by atoms with Gasteiger partial charge < -0.3 is 14.2 Å². The van der Waals surface area contributed by atoms with Gasteiger partial charge in [-0.3, -0.25) is 0 Å². The van der Waals surface area contributed by atoms with Gasteiger partial charge in [0.1, 0.15) is 0 Å². The van der Waals surface area contributed by atoms with Crippen molar-refractivity contribution in [2.24, 2.45) is 4.99 Å². The van der Waals surface area contributed by atoms with Crippen LogP contribution in [0, 0.1) is 0 Å². The molecule has 23 heavy (non-hydrogen) atoms. The van der Waals surface area contributed by atoms with Crippen molar-refractivity contribution in [1.82, 2.24) is 0 Å². The highest BCUT2D eigenvalue weighted by Crippen LogP contribution is 2.33. The minimum absolute atomic E-state index is 0.187. The number of benzene rings is 2. The molecule has 0 aromatic heterocycles. The van der Waals surface area contributed by atoms with E-state index in [9.17, 15) is 4.79 Å². The largest absolute Gasteiger partial charge is 0.454 e. The molecular weight excluding hydrogens is 318 g/mol.